The highest BCUT2D eigenvalue weighted by atomic mass is 79.9. The molecule has 1 unspecified atom stereocenters. The molecule has 3 atom stereocenters. The zero-order valence-electron chi connectivity index (χ0n) is 23.5. The number of carbonyl (C=O) groups is 4. The van der Waals surface area contributed by atoms with E-state index in [1.54, 1.807) is 49.3 Å². The second kappa shape index (κ2) is 10.4. The molecule has 13 heteroatoms. The fourth-order valence-corrected chi connectivity index (χ4v) is 6.74. The predicted octanol–water partition coefficient (Wildman–Crippen LogP) is 3.09. The third-order valence-corrected chi connectivity index (χ3v) is 9.07. The SMILES string of the molecule is CN(C)c1cc(CNC(=O)Oc2ccc(Br)cc2)c(O)c2c1CC1C[C@@]3(C)CC(O)=C(C(N)=O)C(=O)[C@@]3(O)C(O)=C1C2=O. The molecule has 43 heavy (non-hydrogen) atoms. The number of aliphatic hydroxyl groups excluding tert-OH is 2. The number of phenolic OH excluding ortho intramolecular Hbond substituents is 1. The highest BCUT2D eigenvalue weighted by Crippen LogP contribution is 2.58. The van der Waals surface area contributed by atoms with Crippen LogP contribution in [0.2, 0.25) is 0 Å². The van der Waals surface area contributed by atoms with Crippen molar-refractivity contribution in [2.45, 2.75) is 38.3 Å². The monoisotopic (exact) mass is 655 g/mol. The summed E-state index contributed by atoms with van der Waals surface area (Å²) in [6.45, 7) is 1.27. The van der Waals surface area contributed by atoms with Gasteiger partial charge in [0.2, 0.25) is 5.78 Å². The molecule has 0 saturated carbocycles. The van der Waals surface area contributed by atoms with Crippen LogP contribution in [0.15, 0.2) is 57.5 Å². The van der Waals surface area contributed by atoms with Crippen molar-refractivity contribution in [3.05, 3.63) is 74.2 Å². The van der Waals surface area contributed by atoms with E-state index in [1.165, 1.54) is 6.92 Å². The van der Waals surface area contributed by atoms with Crippen LogP contribution in [0.4, 0.5) is 10.5 Å². The van der Waals surface area contributed by atoms with Crippen molar-refractivity contribution in [1.29, 1.82) is 0 Å². The van der Waals surface area contributed by atoms with Gasteiger partial charge < -0.3 is 41.1 Å². The molecule has 5 rings (SSSR count). The molecule has 3 aliphatic carbocycles. The van der Waals surface area contributed by atoms with Crippen LogP contribution in [0.3, 0.4) is 0 Å². The van der Waals surface area contributed by atoms with Gasteiger partial charge in [0, 0.05) is 53.8 Å². The van der Waals surface area contributed by atoms with Crippen LogP contribution in [0.25, 0.3) is 0 Å². The van der Waals surface area contributed by atoms with Crippen molar-refractivity contribution in [1.82, 2.24) is 5.32 Å². The molecule has 12 nitrogen and oxygen atoms in total. The Morgan fingerprint density at radius 1 is 1.16 bits per heavy atom. The number of nitrogens with two attached hydrogens (primary N) is 1. The molecule has 0 spiro atoms. The number of benzene rings is 2. The first-order chi connectivity index (χ1) is 20.1. The lowest BCUT2D eigenvalue weighted by Crippen LogP contribution is -2.62. The minimum absolute atomic E-state index is 0.00521. The number of nitrogens with one attached hydrogen (secondary N) is 1. The zero-order chi connectivity index (χ0) is 31.6. The number of hydrogen-bond donors (Lipinski definition) is 6. The number of amides is 2. The molecular formula is C30H30BrN3O9. The van der Waals surface area contributed by atoms with Crippen molar-refractivity contribution in [3.63, 3.8) is 0 Å². The van der Waals surface area contributed by atoms with Crippen LogP contribution in [-0.2, 0) is 22.6 Å². The van der Waals surface area contributed by atoms with E-state index < -0.39 is 63.3 Å². The number of carbonyl (C=O) groups excluding carboxylic acids is 4. The Bertz CT molecular complexity index is 1660. The maximum absolute atomic E-state index is 14.0. The van der Waals surface area contributed by atoms with Crippen molar-refractivity contribution >= 4 is 45.2 Å². The first-order valence-electron chi connectivity index (χ1n) is 13.3. The van der Waals surface area contributed by atoms with Gasteiger partial charge in [0.15, 0.2) is 11.4 Å². The summed E-state index contributed by atoms with van der Waals surface area (Å²) in [4.78, 5) is 53.5. The number of primary amides is 1. The van der Waals surface area contributed by atoms with Crippen LogP contribution >= 0.6 is 15.9 Å². The van der Waals surface area contributed by atoms with E-state index in [9.17, 15) is 39.6 Å². The third kappa shape index (κ3) is 4.63. The summed E-state index contributed by atoms with van der Waals surface area (Å²) in [5.74, 6) is -5.77. The van der Waals surface area contributed by atoms with Gasteiger partial charge in [0.25, 0.3) is 5.91 Å². The number of aromatic hydroxyl groups is 1. The number of Topliss-reactive ketones (excluding diaryl/α,β-unsaturated/α-hetero) is 2. The molecule has 2 aromatic carbocycles. The molecular weight excluding hydrogens is 626 g/mol. The average Bonchev–Trinajstić information content (AvgIpc) is 2.91. The van der Waals surface area contributed by atoms with Gasteiger partial charge in [-0.05, 0) is 54.7 Å². The molecule has 0 saturated heterocycles. The summed E-state index contributed by atoms with van der Waals surface area (Å²) in [5.41, 5.74) is 1.08. The summed E-state index contributed by atoms with van der Waals surface area (Å²) in [7, 11) is 3.49. The molecule has 0 heterocycles. The van der Waals surface area contributed by atoms with Gasteiger partial charge in [-0.2, -0.15) is 0 Å². The maximum Gasteiger partial charge on any atom is 0.412 e. The summed E-state index contributed by atoms with van der Waals surface area (Å²) < 4.78 is 6.06. The number of allylic oxidation sites excluding steroid dienone is 2. The summed E-state index contributed by atoms with van der Waals surface area (Å²) in [6.07, 6.45) is -0.999. The standard InChI is InChI=1S/C30H30BrN3O9/c1-29-10-13-8-17-18(34(2)3)9-14(12-33-28(41)43-16-6-4-15(31)5-7-16)23(36)21(17)24(37)20(13)25(38)30(29,42)26(39)22(27(32)40)19(35)11-29/h4-7,9,13,35-36,38,42H,8,10-12H2,1-3H3,(H2,32,40)(H,33,41)/t13?,29-,30-/m0/s1. The number of hydrogen-bond acceptors (Lipinski definition) is 10. The minimum atomic E-state index is -2.71. The van der Waals surface area contributed by atoms with Gasteiger partial charge in [0.05, 0.1) is 5.56 Å². The second-order valence-electron chi connectivity index (χ2n) is 11.5. The Morgan fingerprint density at radius 2 is 1.81 bits per heavy atom. The lowest BCUT2D eigenvalue weighted by molar-refractivity contribution is -0.156. The predicted molar refractivity (Wildman–Crippen MR) is 157 cm³/mol. The molecule has 0 aromatic heterocycles. The Kier molecular flexibility index (Phi) is 7.30. The average molecular weight is 656 g/mol. The normalized spacial score (nSPS) is 24.6. The Morgan fingerprint density at radius 3 is 2.42 bits per heavy atom. The number of rotatable bonds is 5. The number of halogens is 1. The number of ether oxygens (including phenoxy) is 1. The van der Waals surface area contributed by atoms with E-state index in [1.807, 2.05) is 0 Å². The molecule has 0 radical (unpaired) electrons. The molecule has 2 amide bonds. The van der Waals surface area contributed by atoms with Crippen molar-refractivity contribution in [2.24, 2.45) is 17.1 Å². The lowest BCUT2D eigenvalue weighted by Gasteiger charge is -2.52. The van der Waals surface area contributed by atoms with E-state index in [2.05, 4.69) is 21.2 Å². The van der Waals surface area contributed by atoms with E-state index in [0.717, 1.165) is 4.47 Å². The fourth-order valence-electron chi connectivity index (χ4n) is 6.47. The first kappa shape index (κ1) is 30.1. The van der Waals surface area contributed by atoms with Crippen LogP contribution < -0.4 is 20.7 Å². The molecule has 0 fully saturated rings. The number of fused-ring (bicyclic) bond motifs is 3. The quantitative estimate of drug-likeness (QED) is 0.260. The Balaban J connectivity index is 1.55. The fraction of sp³-hybridized carbons (Fsp3) is 0.333. The zero-order valence-corrected chi connectivity index (χ0v) is 25.1. The van der Waals surface area contributed by atoms with Gasteiger partial charge in [-0.1, -0.05) is 22.9 Å². The van der Waals surface area contributed by atoms with Crippen LogP contribution in [0.5, 0.6) is 11.5 Å². The highest BCUT2D eigenvalue weighted by molar-refractivity contribution is 9.10. The maximum atomic E-state index is 14.0. The lowest BCUT2D eigenvalue weighted by atomic mass is 9.53. The summed E-state index contributed by atoms with van der Waals surface area (Å²) in [6, 6.07) is 8.20. The third-order valence-electron chi connectivity index (χ3n) is 8.54. The molecule has 3 aliphatic rings. The molecule has 0 aliphatic heterocycles. The minimum Gasteiger partial charge on any atom is -0.511 e. The van der Waals surface area contributed by atoms with Crippen molar-refractivity contribution in [3.8, 4) is 11.5 Å². The molecule has 226 valence electrons. The van der Waals surface area contributed by atoms with Gasteiger partial charge in [-0.25, -0.2) is 4.79 Å². The first-order valence-corrected chi connectivity index (χ1v) is 14.1. The molecule has 7 N–H and O–H groups in total. The smallest absolute Gasteiger partial charge is 0.412 e. The van der Waals surface area contributed by atoms with Crippen molar-refractivity contribution < 1.29 is 44.3 Å². The molecule has 2 aromatic rings. The number of aliphatic hydroxyl groups is 3. The van der Waals surface area contributed by atoms with Gasteiger partial charge >= 0.3 is 6.09 Å². The molecule has 0 bridgehead atoms. The van der Waals surface area contributed by atoms with Crippen LogP contribution in [0.1, 0.15) is 41.3 Å². The number of phenols is 1. The summed E-state index contributed by atoms with van der Waals surface area (Å²) in [5, 5.41) is 47.4. The second-order valence-corrected chi connectivity index (χ2v) is 12.4. The van der Waals surface area contributed by atoms with E-state index in [0.29, 0.717) is 11.3 Å². The van der Waals surface area contributed by atoms with E-state index >= 15 is 0 Å². The highest BCUT2D eigenvalue weighted by Gasteiger charge is 2.65. The number of anilines is 1. The van der Waals surface area contributed by atoms with Gasteiger partial charge in [-0.15, -0.1) is 0 Å². The van der Waals surface area contributed by atoms with E-state index in [4.69, 9.17) is 10.5 Å². The number of ketones is 2. The van der Waals surface area contributed by atoms with Crippen molar-refractivity contribution in [2.75, 3.05) is 19.0 Å². The topological polar surface area (TPSA) is 200 Å². The van der Waals surface area contributed by atoms with Gasteiger partial charge in [-0.3, -0.25) is 14.4 Å². The van der Waals surface area contributed by atoms with Crippen LogP contribution in [-0.4, -0.2) is 63.7 Å². The number of nitrogens with zero attached hydrogens (tertiary/aromatic N) is 1. The largest absolute Gasteiger partial charge is 0.511 e. The van der Waals surface area contributed by atoms with Gasteiger partial charge in [0.1, 0.15) is 28.6 Å². The Hall–Kier alpha value is -4.36. The van der Waals surface area contributed by atoms with Crippen LogP contribution in [0, 0.1) is 11.3 Å². The summed E-state index contributed by atoms with van der Waals surface area (Å²) >= 11 is 3.30. The Labute approximate surface area is 254 Å². The van der Waals surface area contributed by atoms with E-state index in [-0.39, 0.29) is 48.3 Å².